The first kappa shape index (κ1) is 19.8. The number of carboxylic acid groups (broad SMARTS) is 1. The minimum absolute atomic E-state index is 0.0272. The maximum absolute atomic E-state index is 14.2. The SMILES string of the molecule is O=C(O)C1CCN(C(=O)c2cc3cccnc3n(Cc3ccccc3F)c2=O)CC1. The third kappa shape index (κ3) is 3.68. The number of aromatic nitrogens is 2. The van der Waals surface area contributed by atoms with Crippen LogP contribution < -0.4 is 5.56 Å². The Labute approximate surface area is 171 Å². The predicted octanol–water partition coefficient (Wildman–Crippen LogP) is 2.52. The summed E-state index contributed by atoms with van der Waals surface area (Å²) in [6, 6.07) is 11.1. The molecule has 3 heterocycles. The van der Waals surface area contributed by atoms with E-state index in [1.165, 1.54) is 27.8 Å². The third-order valence-corrected chi connectivity index (χ3v) is 5.50. The van der Waals surface area contributed by atoms with Gasteiger partial charge in [-0.05, 0) is 37.1 Å². The molecule has 1 aromatic carbocycles. The number of carboxylic acids is 1. The Morgan fingerprint density at radius 1 is 1.13 bits per heavy atom. The number of halogens is 1. The lowest BCUT2D eigenvalue weighted by Crippen LogP contribution is -2.42. The highest BCUT2D eigenvalue weighted by molar-refractivity contribution is 5.97. The van der Waals surface area contributed by atoms with Crippen molar-refractivity contribution < 1.29 is 19.1 Å². The summed E-state index contributed by atoms with van der Waals surface area (Å²) in [5.41, 5.74) is 0.112. The summed E-state index contributed by atoms with van der Waals surface area (Å²) < 4.78 is 15.5. The molecule has 4 rings (SSSR count). The minimum atomic E-state index is -0.869. The van der Waals surface area contributed by atoms with Crippen molar-refractivity contribution in [1.82, 2.24) is 14.5 Å². The van der Waals surface area contributed by atoms with Crippen LogP contribution in [0.5, 0.6) is 0 Å². The van der Waals surface area contributed by atoms with E-state index in [2.05, 4.69) is 4.98 Å². The quantitative estimate of drug-likeness (QED) is 0.715. The van der Waals surface area contributed by atoms with E-state index in [4.69, 9.17) is 5.11 Å². The summed E-state index contributed by atoms with van der Waals surface area (Å²) in [6.07, 6.45) is 2.23. The van der Waals surface area contributed by atoms with Crippen molar-refractivity contribution >= 4 is 22.9 Å². The summed E-state index contributed by atoms with van der Waals surface area (Å²) in [5, 5.41) is 9.74. The van der Waals surface area contributed by atoms with Crippen molar-refractivity contribution in [2.45, 2.75) is 19.4 Å². The summed E-state index contributed by atoms with van der Waals surface area (Å²) in [5.74, 6) is -2.24. The molecule has 30 heavy (non-hydrogen) atoms. The number of rotatable bonds is 4. The number of carbonyl (C=O) groups excluding carboxylic acids is 1. The van der Waals surface area contributed by atoms with Gasteiger partial charge in [0.2, 0.25) is 0 Å². The van der Waals surface area contributed by atoms with Crippen LogP contribution in [0.15, 0.2) is 53.5 Å². The number of likely N-dealkylation sites (tertiary alicyclic amines) is 1. The Morgan fingerprint density at radius 2 is 1.87 bits per heavy atom. The fraction of sp³-hybridized carbons (Fsp3) is 0.273. The molecule has 0 spiro atoms. The summed E-state index contributed by atoms with van der Waals surface area (Å²) in [4.78, 5) is 43.2. The van der Waals surface area contributed by atoms with Crippen LogP contribution in [0.4, 0.5) is 4.39 Å². The largest absolute Gasteiger partial charge is 0.481 e. The predicted molar refractivity (Wildman–Crippen MR) is 108 cm³/mol. The molecule has 154 valence electrons. The molecule has 0 bridgehead atoms. The lowest BCUT2D eigenvalue weighted by molar-refractivity contribution is -0.143. The van der Waals surface area contributed by atoms with Gasteiger partial charge in [-0.15, -0.1) is 0 Å². The van der Waals surface area contributed by atoms with E-state index in [1.807, 2.05) is 0 Å². The molecule has 0 aliphatic carbocycles. The van der Waals surface area contributed by atoms with E-state index in [9.17, 15) is 18.8 Å². The van der Waals surface area contributed by atoms with Gasteiger partial charge >= 0.3 is 5.97 Å². The van der Waals surface area contributed by atoms with E-state index in [0.29, 0.717) is 29.4 Å². The van der Waals surface area contributed by atoms with Crippen LogP contribution >= 0.6 is 0 Å². The molecule has 1 aliphatic rings. The van der Waals surface area contributed by atoms with Crippen LogP contribution in [0.3, 0.4) is 0 Å². The number of hydrogen-bond donors (Lipinski definition) is 1. The van der Waals surface area contributed by atoms with Gasteiger partial charge in [0.15, 0.2) is 0 Å². The molecule has 7 nitrogen and oxygen atoms in total. The molecule has 1 saturated heterocycles. The maximum atomic E-state index is 14.2. The van der Waals surface area contributed by atoms with Crippen LogP contribution in [0.1, 0.15) is 28.8 Å². The van der Waals surface area contributed by atoms with E-state index >= 15 is 0 Å². The fourth-order valence-corrected chi connectivity index (χ4v) is 3.80. The summed E-state index contributed by atoms with van der Waals surface area (Å²) in [7, 11) is 0. The zero-order valence-electron chi connectivity index (χ0n) is 16.1. The average molecular weight is 409 g/mol. The number of fused-ring (bicyclic) bond motifs is 1. The average Bonchev–Trinajstić information content (AvgIpc) is 2.76. The van der Waals surface area contributed by atoms with Gasteiger partial charge in [-0.1, -0.05) is 18.2 Å². The molecule has 3 aromatic rings. The van der Waals surface area contributed by atoms with Gasteiger partial charge in [-0.3, -0.25) is 19.0 Å². The van der Waals surface area contributed by atoms with Crippen LogP contribution in [-0.4, -0.2) is 44.5 Å². The Morgan fingerprint density at radius 3 is 2.57 bits per heavy atom. The van der Waals surface area contributed by atoms with Crippen LogP contribution in [-0.2, 0) is 11.3 Å². The highest BCUT2D eigenvalue weighted by atomic mass is 19.1. The molecule has 1 aliphatic heterocycles. The number of benzene rings is 1. The van der Waals surface area contributed by atoms with E-state index in [1.54, 1.807) is 30.3 Å². The zero-order chi connectivity index (χ0) is 21.3. The topological polar surface area (TPSA) is 92.5 Å². The Balaban J connectivity index is 1.73. The number of piperidine rings is 1. The molecule has 0 saturated carbocycles. The molecule has 8 heteroatoms. The van der Waals surface area contributed by atoms with Crippen LogP contribution in [0.25, 0.3) is 11.0 Å². The number of hydrogen-bond acceptors (Lipinski definition) is 4. The number of carbonyl (C=O) groups is 2. The van der Waals surface area contributed by atoms with Crippen molar-refractivity contribution in [2.24, 2.45) is 5.92 Å². The Hall–Kier alpha value is -3.55. The lowest BCUT2D eigenvalue weighted by atomic mass is 9.96. The van der Waals surface area contributed by atoms with Crippen molar-refractivity contribution in [2.75, 3.05) is 13.1 Å². The van der Waals surface area contributed by atoms with Crippen molar-refractivity contribution in [1.29, 1.82) is 0 Å². The first-order valence-electron chi connectivity index (χ1n) is 9.70. The van der Waals surface area contributed by atoms with Gasteiger partial charge in [-0.25, -0.2) is 9.37 Å². The molecule has 0 radical (unpaired) electrons. The zero-order valence-corrected chi connectivity index (χ0v) is 16.1. The molecule has 1 amide bonds. The maximum Gasteiger partial charge on any atom is 0.306 e. The standard InChI is InChI=1S/C22H20FN3O4/c23-18-6-2-1-4-16(18)13-26-19-15(5-3-9-24-19)12-17(21(26)28)20(27)25-10-7-14(8-11-25)22(29)30/h1-6,9,12,14H,7-8,10-11,13H2,(H,29,30). The summed E-state index contributed by atoms with van der Waals surface area (Å²) >= 11 is 0. The highest BCUT2D eigenvalue weighted by Gasteiger charge is 2.29. The molecule has 0 atom stereocenters. The van der Waals surface area contributed by atoms with Crippen molar-refractivity contribution in [3.05, 3.63) is 76.0 Å². The van der Waals surface area contributed by atoms with E-state index in [0.717, 1.165) is 0 Å². The number of aliphatic carboxylic acids is 1. The molecular weight excluding hydrogens is 389 g/mol. The molecule has 1 N–H and O–H groups in total. The third-order valence-electron chi connectivity index (χ3n) is 5.50. The smallest absolute Gasteiger partial charge is 0.306 e. The second-order valence-corrected chi connectivity index (χ2v) is 7.36. The molecule has 2 aromatic heterocycles. The van der Waals surface area contributed by atoms with Gasteiger partial charge in [0, 0.05) is 30.2 Å². The summed E-state index contributed by atoms with van der Waals surface area (Å²) in [6.45, 7) is 0.489. The molecular formula is C22H20FN3O4. The van der Waals surface area contributed by atoms with E-state index < -0.39 is 29.2 Å². The van der Waals surface area contributed by atoms with Gasteiger partial charge < -0.3 is 10.0 Å². The Kier molecular flexibility index (Phi) is 5.31. The molecule has 1 fully saturated rings. The second-order valence-electron chi connectivity index (χ2n) is 7.36. The van der Waals surface area contributed by atoms with Crippen molar-refractivity contribution in [3.63, 3.8) is 0 Å². The monoisotopic (exact) mass is 409 g/mol. The van der Waals surface area contributed by atoms with E-state index in [-0.39, 0.29) is 25.2 Å². The number of nitrogens with zero attached hydrogens (tertiary/aromatic N) is 3. The molecule has 0 unspecified atom stereocenters. The minimum Gasteiger partial charge on any atom is -0.481 e. The number of amides is 1. The van der Waals surface area contributed by atoms with Crippen LogP contribution in [0.2, 0.25) is 0 Å². The van der Waals surface area contributed by atoms with Gasteiger partial charge in [0.25, 0.3) is 11.5 Å². The van der Waals surface area contributed by atoms with Crippen LogP contribution in [0, 0.1) is 11.7 Å². The number of pyridine rings is 2. The normalized spacial score (nSPS) is 14.8. The lowest BCUT2D eigenvalue weighted by Gasteiger charge is -2.30. The van der Waals surface area contributed by atoms with Gasteiger partial charge in [0.1, 0.15) is 17.0 Å². The Bertz CT molecular complexity index is 1180. The fourth-order valence-electron chi connectivity index (χ4n) is 3.80. The van der Waals surface area contributed by atoms with Gasteiger partial charge in [-0.2, -0.15) is 0 Å². The second kappa shape index (κ2) is 8.06. The first-order valence-corrected chi connectivity index (χ1v) is 9.70. The first-order chi connectivity index (χ1) is 14.5. The van der Waals surface area contributed by atoms with Crippen molar-refractivity contribution in [3.8, 4) is 0 Å². The highest BCUT2D eigenvalue weighted by Crippen LogP contribution is 2.20. The van der Waals surface area contributed by atoms with Gasteiger partial charge in [0.05, 0.1) is 12.5 Å².